The second-order valence-electron chi connectivity index (χ2n) is 7.14. The number of para-hydroxylation sites is 1. The maximum atomic E-state index is 13.1. The largest absolute Gasteiger partial charge is 0.352 e. The monoisotopic (exact) mass is 364 g/mol. The van der Waals surface area contributed by atoms with E-state index in [0.717, 1.165) is 31.4 Å². The summed E-state index contributed by atoms with van der Waals surface area (Å²) in [5, 5.41) is 3.12. The number of hydrogen-bond acceptors (Lipinski definition) is 3. The molecule has 6 heteroatoms. The van der Waals surface area contributed by atoms with Crippen LogP contribution in [-0.2, 0) is 11.3 Å². The fraction of sp³-hybridized carbons (Fsp3) is 0.381. The lowest BCUT2D eigenvalue weighted by molar-refractivity contribution is -0.122. The Balaban J connectivity index is 1.65. The van der Waals surface area contributed by atoms with E-state index < -0.39 is 0 Å². The number of rotatable bonds is 4. The van der Waals surface area contributed by atoms with Crippen molar-refractivity contribution in [3.63, 3.8) is 0 Å². The summed E-state index contributed by atoms with van der Waals surface area (Å²) in [5.74, 6) is -0.111. The Morgan fingerprint density at radius 3 is 2.52 bits per heavy atom. The summed E-state index contributed by atoms with van der Waals surface area (Å²) in [6.45, 7) is 0.0113. The molecule has 6 nitrogen and oxygen atoms in total. The number of nitrogens with one attached hydrogen (secondary N) is 1. The quantitative estimate of drug-likeness (QED) is 0.724. The zero-order valence-corrected chi connectivity index (χ0v) is 15.3. The van der Waals surface area contributed by atoms with Crippen molar-refractivity contribution in [2.75, 3.05) is 0 Å². The molecule has 1 amide bonds. The third-order valence-electron chi connectivity index (χ3n) is 5.23. The molecule has 0 radical (unpaired) electrons. The van der Waals surface area contributed by atoms with E-state index in [2.05, 4.69) is 10.3 Å². The first kappa shape index (κ1) is 17.5. The number of pyridine rings is 1. The Bertz CT molecular complexity index is 982. The molecule has 1 aliphatic carbocycles. The zero-order valence-electron chi connectivity index (χ0n) is 15.3. The molecule has 1 saturated carbocycles. The predicted octanol–water partition coefficient (Wildman–Crippen LogP) is 3.03. The molecule has 27 heavy (non-hydrogen) atoms. The van der Waals surface area contributed by atoms with E-state index in [1.807, 2.05) is 36.4 Å². The topological polar surface area (TPSA) is 68.9 Å². The molecule has 1 N–H and O–H groups in total. The number of nitrogens with zero attached hydrogens (tertiary/aromatic N) is 3. The summed E-state index contributed by atoms with van der Waals surface area (Å²) in [4.78, 5) is 30.1. The molecule has 4 rings (SSSR count). The Hall–Kier alpha value is -2.89. The highest BCUT2D eigenvalue weighted by Gasteiger charge is 2.19. The van der Waals surface area contributed by atoms with Crippen LogP contribution in [0.5, 0.6) is 0 Å². The third-order valence-corrected chi connectivity index (χ3v) is 5.23. The average Bonchev–Trinajstić information content (AvgIpc) is 2.83. The summed E-state index contributed by atoms with van der Waals surface area (Å²) < 4.78 is 3.08. The maximum Gasteiger partial charge on any atom is 0.335 e. The second-order valence-corrected chi connectivity index (χ2v) is 7.14. The van der Waals surface area contributed by atoms with Crippen molar-refractivity contribution in [1.82, 2.24) is 19.4 Å². The van der Waals surface area contributed by atoms with Gasteiger partial charge in [-0.3, -0.25) is 9.36 Å². The van der Waals surface area contributed by atoms with Gasteiger partial charge in [0.1, 0.15) is 6.54 Å². The van der Waals surface area contributed by atoms with Crippen molar-refractivity contribution < 1.29 is 4.79 Å². The summed E-state index contributed by atoms with van der Waals surface area (Å²) in [6, 6.07) is 13.2. The van der Waals surface area contributed by atoms with Crippen LogP contribution in [0.1, 0.15) is 38.5 Å². The number of benzene rings is 1. The zero-order chi connectivity index (χ0) is 18.6. The molecule has 2 aromatic heterocycles. The number of imidazole rings is 1. The molecule has 0 aliphatic heterocycles. The fourth-order valence-electron chi connectivity index (χ4n) is 3.89. The highest BCUT2D eigenvalue weighted by molar-refractivity contribution is 5.80. The first-order chi connectivity index (χ1) is 13.2. The van der Waals surface area contributed by atoms with Gasteiger partial charge in [-0.05, 0) is 37.1 Å². The molecule has 0 unspecified atom stereocenters. The molecule has 3 aromatic rings. The minimum absolute atomic E-state index is 0.0113. The van der Waals surface area contributed by atoms with Gasteiger partial charge in [0.25, 0.3) is 0 Å². The highest BCUT2D eigenvalue weighted by atomic mass is 16.2. The predicted molar refractivity (Wildman–Crippen MR) is 105 cm³/mol. The minimum atomic E-state index is -0.245. The van der Waals surface area contributed by atoms with E-state index in [1.54, 1.807) is 16.8 Å². The van der Waals surface area contributed by atoms with Gasteiger partial charge in [-0.2, -0.15) is 0 Å². The summed E-state index contributed by atoms with van der Waals surface area (Å²) >= 11 is 0. The molecule has 0 saturated heterocycles. The SMILES string of the molecule is O=C(Cn1c(=O)n(-c2ccccc2)c2ncccc21)NC1CCCCCC1. The van der Waals surface area contributed by atoms with Gasteiger partial charge in [0.15, 0.2) is 5.65 Å². The molecule has 0 atom stereocenters. The molecule has 1 aromatic carbocycles. The van der Waals surface area contributed by atoms with Crippen LogP contribution in [0.25, 0.3) is 16.9 Å². The number of amides is 1. The maximum absolute atomic E-state index is 13.1. The van der Waals surface area contributed by atoms with Crippen molar-refractivity contribution in [3.8, 4) is 5.69 Å². The summed E-state index contributed by atoms with van der Waals surface area (Å²) in [5.41, 5.74) is 1.73. The molecule has 0 spiro atoms. The molecule has 2 heterocycles. The van der Waals surface area contributed by atoms with E-state index in [4.69, 9.17) is 0 Å². The van der Waals surface area contributed by atoms with Crippen molar-refractivity contribution in [3.05, 3.63) is 59.1 Å². The lowest BCUT2D eigenvalue weighted by Crippen LogP contribution is -2.38. The number of carbonyl (C=O) groups is 1. The first-order valence-corrected chi connectivity index (χ1v) is 9.65. The van der Waals surface area contributed by atoms with Crippen LogP contribution < -0.4 is 11.0 Å². The van der Waals surface area contributed by atoms with Gasteiger partial charge in [-0.25, -0.2) is 14.3 Å². The molecular weight excluding hydrogens is 340 g/mol. The molecule has 0 bridgehead atoms. The Kier molecular flexibility index (Phi) is 5.05. The van der Waals surface area contributed by atoms with Gasteiger partial charge < -0.3 is 5.32 Å². The lowest BCUT2D eigenvalue weighted by Gasteiger charge is -2.16. The molecular formula is C21H24N4O2. The number of carbonyl (C=O) groups excluding carboxylic acids is 1. The van der Waals surface area contributed by atoms with E-state index in [0.29, 0.717) is 11.2 Å². The molecule has 140 valence electrons. The van der Waals surface area contributed by atoms with Crippen molar-refractivity contribution in [2.24, 2.45) is 0 Å². The van der Waals surface area contributed by atoms with Gasteiger partial charge in [0.2, 0.25) is 5.91 Å². The molecule has 1 fully saturated rings. The average molecular weight is 364 g/mol. The van der Waals surface area contributed by atoms with E-state index >= 15 is 0 Å². The second kappa shape index (κ2) is 7.78. The van der Waals surface area contributed by atoms with Crippen LogP contribution in [0.15, 0.2) is 53.5 Å². The van der Waals surface area contributed by atoms with E-state index in [1.165, 1.54) is 17.4 Å². The molecule has 1 aliphatic rings. The van der Waals surface area contributed by atoms with Crippen LogP contribution in [-0.4, -0.2) is 26.1 Å². The minimum Gasteiger partial charge on any atom is -0.352 e. The summed E-state index contributed by atoms with van der Waals surface area (Å²) in [7, 11) is 0. The smallest absolute Gasteiger partial charge is 0.335 e. The number of fused-ring (bicyclic) bond motifs is 1. The Morgan fingerprint density at radius 2 is 1.78 bits per heavy atom. The van der Waals surface area contributed by atoms with Gasteiger partial charge in [0, 0.05) is 12.2 Å². The van der Waals surface area contributed by atoms with E-state index in [9.17, 15) is 9.59 Å². The van der Waals surface area contributed by atoms with Crippen molar-refractivity contribution in [2.45, 2.75) is 51.1 Å². The number of aromatic nitrogens is 3. The highest BCUT2D eigenvalue weighted by Crippen LogP contribution is 2.18. The standard InChI is InChI=1S/C21H24N4O2/c26-19(23-16-9-4-1-2-5-10-16)15-24-18-13-8-14-22-20(18)25(21(24)27)17-11-6-3-7-12-17/h3,6-8,11-14,16H,1-2,4-5,9-10,15H2,(H,23,26). The Morgan fingerprint density at radius 1 is 1.04 bits per heavy atom. The van der Waals surface area contributed by atoms with Gasteiger partial charge in [-0.15, -0.1) is 0 Å². The van der Waals surface area contributed by atoms with Gasteiger partial charge >= 0.3 is 5.69 Å². The van der Waals surface area contributed by atoms with Crippen molar-refractivity contribution >= 4 is 17.1 Å². The lowest BCUT2D eigenvalue weighted by atomic mass is 10.1. The van der Waals surface area contributed by atoms with Crippen LogP contribution in [0.2, 0.25) is 0 Å². The van der Waals surface area contributed by atoms with Crippen LogP contribution in [0.4, 0.5) is 0 Å². The Labute approximate surface area is 157 Å². The number of hydrogen-bond donors (Lipinski definition) is 1. The van der Waals surface area contributed by atoms with Crippen LogP contribution in [0, 0.1) is 0 Å². The third kappa shape index (κ3) is 3.65. The van der Waals surface area contributed by atoms with Gasteiger partial charge in [0.05, 0.1) is 11.2 Å². The summed E-state index contributed by atoms with van der Waals surface area (Å²) in [6.07, 6.45) is 8.49. The van der Waals surface area contributed by atoms with E-state index in [-0.39, 0.29) is 24.2 Å². The van der Waals surface area contributed by atoms with Gasteiger partial charge in [-0.1, -0.05) is 43.9 Å². The first-order valence-electron chi connectivity index (χ1n) is 9.65. The fourth-order valence-corrected chi connectivity index (χ4v) is 3.89. The van der Waals surface area contributed by atoms with Crippen LogP contribution >= 0.6 is 0 Å². The normalized spacial score (nSPS) is 15.6. The van der Waals surface area contributed by atoms with Crippen LogP contribution in [0.3, 0.4) is 0 Å². The van der Waals surface area contributed by atoms with Crippen molar-refractivity contribution in [1.29, 1.82) is 0 Å².